The van der Waals surface area contributed by atoms with Gasteiger partial charge in [0.25, 0.3) is 5.91 Å². The van der Waals surface area contributed by atoms with Crippen molar-refractivity contribution in [2.45, 2.75) is 38.1 Å². The molecule has 1 aliphatic carbocycles. The molecule has 0 radical (unpaired) electrons. The number of hydrogen-bond acceptors (Lipinski definition) is 3. The number of para-hydroxylation sites is 1. The first-order valence-electron chi connectivity index (χ1n) is 6.62. The Hall–Kier alpha value is -2.02. The minimum absolute atomic E-state index is 0.0187. The SMILES string of the molecule is CCC1(NC(=O)COc2ccccc2C#N)CCC1. The van der Waals surface area contributed by atoms with Gasteiger partial charge in [-0.1, -0.05) is 19.1 Å². The van der Waals surface area contributed by atoms with Gasteiger partial charge in [0.15, 0.2) is 6.61 Å². The molecular weight excluding hydrogens is 240 g/mol. The van der Waals surface area contributed by atoms with E-state index in [1.807, 2.05) is 6.07 Å². The second kappa shape index (κ2) is 5.75. The van der Waals surface area contributed by atoms with Crippen LogP contribution < -0.4 is 10.1 Å². The van der Waals surface area contributed by atoms with Crippen molar-refractivity contribution in [2.24, 2.45) is 0 Å². The summed E-state index contributed by atoms with van der Waals surface area (Å²) < 4.78 is 5.41. The molecule has 0 unspecified atom stereocenters. The van der Waals surface area contributed by atoms with Crippen molar-refractivity contribution in [3.8, 4) is 11.8 Å². The maximum Gasteiger partial charge on any atom is 0.258 e. The predicted octanol–water partition coefficient (Wildman–Crippen LogP) is 2.39. The van der Waals surface area contributed by atoms with Crippen LogP contribution in [0.25, 0.3) is 0 Å². The van der Waals surface area contributed by atoms with E-state index in [0.717, 1.165) is 19.3 Å². The van der Waals surface area contributed by atoms with Gasteiger partial charge in [-0.3, -0.25) is 4.79 Å². The lowest BCUT2D eigenvalue weighted by Crippen LogP contribution is -2.54. The van der Waals surface area contributed by atoms with Crippen molar-refractivity contribution in [1.82, 2.24) is 5.32 Å². The summed E-state index contributed by atoms with van der Waals surface area (Å²) in [4.78, 5) is 11.9. The number of ether oxygens (including phenoxy) is 1. The molecule has 0 aromatic heterocycles. The number of rotatable bonds is 5. The Morgan fingerprint density at radius 3 is 2.79 bits per heavy atom. The summed E-state index contributed by atoms with van der Waals surface area (Å²) in [6.07, 6.45) is 4.22. The van der Waals surface area contributed by atoms with Gasteiger partial charge in [0, 0.05) is 5.54 Å². The fourth-order valence-corrected chi connectivity index (χ4v) is 2.33. The van der Waals surface area contributed by atoms with Crippen LogP contribution in [0.3, 0.4) is 0 Å². The first-order valence-corrected chi connectivity index (χ1v) is 6.62. The zero-order valence-electron chi connectivity index (χ0n) is 11.1. The van der Waals surface area contributed by atoms with Gasteiger partial charge in [0.05, 0.1) is 5.56 Å². The lowest BCUT2D eigenvalue weighted by atomic mass is 9.75. The van der Waals surface area contributed by atoms with Crippen LogP contribution >= 0.6 is 0 Å². The largest absolute Gasteiger partial charge is 0.482 e. The number of hydrogen-bond donors (Lipinski definition) is 1. The van der Waals surface area contributed by atoms with Gasteiger partial charge >= 0.3 is 0 Å². The molecule has 1 amide bonds. The van der Waals surface area contributed by atoms with Crippen molar-refractivity contribution < 1.29 is 9.53 Å². The lowest BCUT2D eigenvalue weighted by molar-refractivity contribution is -0.126. The number of amides is 1. The van der Waals surface area contributed by atoms with E-state index < -0.39 is 0 Å². The molecule has 2 rings (SSSR count). The molecule has 0 spiro atoms. The van der Waals surface area contributed by atoms with Gasteiger partial charge in [-0.25, -0.2) is 0 Å². The standard InChI is InChI=1S/C15H18N2O2/c1-2-15(8-5-9-15)17-14(18)11-19-13-7-4-3-6-12(13)10-16/h3-4,6-7H,2,5,8-9,11H2,1H3,(H,17,18). The van der Waals surface area contributed by atoms with E-state index in [-0.39, 0.29) is 18.1 Å². The highest BCUT2D eigenvalue weighted by Gasteiger charge is 2.36. The van der Waals surface area contributed by atoms with E-state index in [2.05, 4.69) is 12.2 Å². The van der Waals surface area contributed by atoms with E-state index in [0.29, 0.717) is 11.3 Å². The molecule has 19 heavy (non-hydrogen) atoms. The van der Waals surface area contributed by atoms with Crippen LogP contribution in [-0.4, -0.2) is 18.1 Å². The monoisotopic (exact) mass is 258 g/mol. The van der Waals surface area contributed by atoms with E-state index in [9.17, 15) is 4.79 Å². The van der Waals surface area contributed by atoms with E-state index in [1.165, 1.54) is 6.42 Å². The van der Waals surface area contributed by atoms with Gasteiger partial charge in [-0.2, -0.15) is 5.26 Å². The molecule has 0 aliphatic heterocycles. The van der Waals surface area contributed by atoms with Crippen molar-refractivity contribution in [1.29, 1.82) is 5.26 Å². The Bertz CT molecular complexity index is 496. The minimum Gasteiger partial charge on any atom is -0.482 e. The Morgan fingerprint density at radius 2 is 2.21 bits per heavy atom. The first kappa shape index (κ1) is 13.4. The molecule has 1 aliphatic rings. The highest BCUT2D eigenvalue weighted by Crippen LogP contribution is 2.34. The number of nitrogens with one attached hydrogen (secondary N) is 1. The van der Waals surface area contributed by atoms with Crippen molar-refractivity contribution in [2.75, 3.05) is 6.61 Å². The molecular formula is C15H18N2O2. The maximum atomic E-state index is 11.9. The number of carbonyl (C=O) groups excluding carboxylic acids is 1. The topological polar surface area (TPSA) is 62.1 Å². The summed E-state index contributed by atoms with van der Waals surface area (Å²) in [6.45, 7) is 2.05. The van der Waals surface area contributed by atoms with E-state index in [4.69, 9.17) is 10.00 Å². The zero-order chi connectivity index (χ0) is 13.7. The summed E-state index contributed by atoms with van der Waals surface area (Å²) in [5, 5.41) is 12.0. The smallest absolute Gasteiger partial charge is 0.258 e. The summed E-state index contributed by atoms with van der Waals surface area (Å²) in [7, 11) is 0. The number of nitriles is 1. The average molecular weight is 258 g/mol. The van der Waals surface area contributed by atoms with Crippen LogP contribution in [-0.2, 0) is 4.79 Å². The van der Waals surface area contributed by atoms with E-state index in [1.54, 1.807) is 24.3 Å². The molecule has 4 heteroatoms. The maximum absolute atomic E-state index is 11.9. The number of nitrogens with zero attached hydrogens (tertiary/aromatic N) is 1. The Labute approximate surface area is 113 Å². The Kier molecular flexibility index (Phi) is 4.06. The molecule has 1 fully saturated rings. The second-order valence-electron chi connectivity index (χ2n) is 4.93. The minimum atomic E-state index is -0.116. The van der Waals surface area contributed by atoms with E-state index >= 15 is 0 Å². The van der Waals surface area contributed by atoms with Crippen LogP contribution in [0.5, 0.6) is 5.75 Å². The normalized spacial score (nSPS) is 16.0. The van der Waals surface area contributed by atoms with Crippen LogP contribution in [0.15, 0.2) is 24.3 Å². The molecule has 0 saturated heterocycles. The van der Waals surface area contributed by atoms with Gasteiger partial charge < -0.3 is 10.1 Å². The quantitative estimate of drug-likeness (QED) is 0.882. The molecule has 0 heterocycles. The Morgan fingerprint density at radius 1 is 1.47 bits per heavy atom. The molecule has 1 aromatic rings. The second-order valence-corrected chi connectivity index (χ2v) is 4.93. The van der Waals surface area contributed by atoms with Gasteiger partial charge in [0.1, 0.15) is 11.8 Å². The zero-order valence-corrected chi connectivity index (χ0v) is 11.1. The van der Waals surface area contributed by atoms with Crippen LogP contribution in [0, 0.1) is 11.3 Å². The lowest BCUT2D eigenvalue weighted by Gasteiger charge is -2.41. The molecule has 1 saturated carbocycles. The fourth-order valence-electron chi connectivity index (χ4n) is 2.33. The summed E-state index contributed by atoms with van der Waals surface area (Å²) in [6, 6.07) is 8.97. The molecule has 1 aromatic carbocycles. The number of benzene rings is 1. The fraction of sp³-hybridized carbons (Fsp3) is 0.467. The summed E-state index contributed by atoms with van der Waals surface area (Å²) in [5.41, 5.74) is 0.430. The van der Waals surface area contributed by atoms with Crippen molar-refractivity contribution in [3.05, 3.63) is 29.8 Å². The first-order chi connectivity index (χ1) is 9.19. The van der Waals surface area contributed by atoms with Gasteiger partial charge in [-0.05, 0) is 37.8 Å². The molecule has 100 valence electrons. The molecule has 0 bridgehead atoms. The number of carbonyl (C=O) groups is 1. The highest BCUT2D eigenvalue weighted by atomic mass is 16.5. The molecule has 1 N–H and O–H groups in total. The predicted molar refractivity (Wildman–Crippen MR) is 71.7 cm³/mol. The van der Waals surface area contributed by atoms with Gasteiger partial charge in [0.2, 0.25) is 0 Å². The summed E-state index contributed by atoms with van der Waals surface area (Å²) >= 11 is 0. The Balaban J connectivity index is 1.88. The summed E-state index contributed by atoms with van der Waals surface area (Å²) in [5.74, 6) is 0.341. The van der Waals surface area contributed by atoms with Crippen molar-refractivity contribution in [3.63, 3.8) is 0 Å². The molecule has 0 atom stereocenters. The third kappa shape index (κ3) is 3.05. The van der Waals surface area contributed by atoms with Gasteiger partial charge in [-0.15, -0.1) is 0 Å². The van der Waals surface area contributed by atoms with Crippen LogP contribution in [0.1, 0.15) is 38.2 Å². The van der Waals surface area contributed by atoms with Crippen molar-refractivity contribution >= 4 is 5.91 Å². The van der Waals surface area contributed by atoms with Crippen LogP contribution in [0.4, 0.5) is 0 Å². The third-order valence-electron chi connectivity index (χ3n) is 3.76. The third-order valence-corrected chi connectivity index (χ3v) is 3.76. The molecule has 4 nitrogen and oxygen atoms in total. The highest BCUT2D eigenvalue weighted by molar-refractivity contribution is 5.78. The average Bonchev–Trinajstić information content (AvgIpc) is 2.41. The van der Waals surface area contributed by atoms with Crippen LogP contribution in [0.2, 0.25) is 0 Å².